The van der Waals surface area contributed by atoms with Gasteiger partial charge in [-0.1, -0.05) is 89.2 Å². The zero-order valence-corrected chi connectivity index (χ0v) is 23.0. The van der Waals surface area contributed by atoms with Gasteiger partial charge in [0, 0.05) is 5.41 Å². The summed E-state index contributed by atoms with van der Waals surface area (Å²) >= 11 is 0. The van der Waals surface area contributed by atoms with Gasteiger partial charge in [-0.05, 0) is 79.5 Å². The number of aliphatic hydroxyl groups is 1. The van der Waals surface area contributed by atoms with Crippen LogP contribution in [0, 0.1) is 6.92 Å². The minimum atomic E-state index is -0.800. The lowest BCUT2D eigenvalue weighted by Gasteiger charge is -2.35. The fraction of sp³-hybridized carbons (Fsp3) is 0.455. The summed E-state index contributed by atoms with van der Waals surface area (Å²) in [4.78, 5) is 0. The van der Waals surface area contributed by atoms with Crippen LogP contribution in [0.15, 0.2) is 72.8 Å². The first-order chi connectivity index (χ1) is 17.4. The molecule has 0 aliphatic heterocycles. The van der Waals surface area contributed by atoms with E-state index < -0.39 is 5.60 Å². The largest absolute Gasteiger partial charge is 0.489 e. The predicted octanol–water partition coefficient (Wildman–Crippen LogP) is 8.39. The summed E-state index contributed by atoms with van der Waals surface area (Å²) in [5.74, 6) is 1.74. The second-order valence-electron chi connectivity index (χ2n) is 9.89. The molecule has 36 heavy (non-hydrogen) atoms. The number of aryl methyl sites for hydroxylation is 1. The zero-order valence-electron chi connectivity index (χ0n) is 23.0. The Kier molecular flexibility index (Phi) is 9.62. The first-order valence-corrected chi connectivity index (χ1v) is 13.6. The van der Waals surface area contributed by atoms with Crippen LogP contribution in [0.2, 0.25) is 0 Å². The number of ether oxygens (including phenoxy) is 2. The van der Waals surface area contributed by atoms with Crippen molar-refractivity contribution in [1.82, 2.24) is 0 Å². The van der Waals surface area contributed by atoms with Crippen LogP contribution in [0.3, 0.4) is 0 Å². The van der Waals surface area contributed by atoms with Gasteiger partial charge in [0.05, 0.1) is 0 Å². The molecule has 0 saturated heterocycles. The first-order valence-electron chi connectivity index (χ1n) is 13.6. The number of hydrogen-bond donors (Lipinski definition) is 1. The van der Waals surface area contributed by atoms with Crippen molar-refractivity contribution < 1.29 is 14.6 Å². The van der Waals surface area contributed by atoms with E-state index in [0.717, 1.165) is 36.3 Å². The molecule has 1 unspecified atom stereocenters. The molecule has 1 N–H and O–H groups in total. The van der Waals surface area contributed by atoms with E-state index in [-0.39, 0.29) is 11.5 Å². The summed E-state index contributed by atoms with van der Waals surface area (Å²) in [6.07, 6.45) is 3.91. The van der Waals surface area contributed by atoms with Crippen molar-refractivity contribution in [2.75, 3.05) is 0 Å². The maximum absolute atomic E-state index is 11.0. The molecule has 0 aliphatic carbocycles. The molecule has 3 aromatic rings. The fourth-order valence-corrected chi connectivity index (χ4v) is 5.37. The lowest BCUT2D eigenvalue weighted by atomic mass is 9.70. The highest BCUT2D eigenvalue weighted by atomic mass is 16.5. The van der Waals surface area contributed by atoms with Crippen molar-refractivity contribution in [3.63, 3.8) is 0 Å². The second-order valence-corrected chi connectivity index (χ2v) is 9.89. The molecular formula is C33H44O3. The third-order valence-electron chi connectivity index (χ3n) is 8.05. The molecular weight excluding hydrogens is 444 g/mol. The Bertz CT molecular complexity index is 1060. The molecule has 0 aliphatic rings. The van der Waals surface area contributed by atoms with Crippen molar-refractivity contribution in [2.45, 2.75) is 97.4 Å². The second kappa shape index (κ2) is 12.5. The normalized spacial score (nSPS) is 12.9. The highest BCUT2D eigenvalue weighted by Crippen LogP contribution is 2.41. The molecule has 0 amide bonds. The molecule has 3 aromatic carbocycles. The Labute approximate surface area is 218 Å². The van der Waals surface area contributed by atoms with Crippen LogP contribution in [0.1, 0.15) is 89.0 Å². The van der Waals surface area contributed by atoms with Gasteiger partial charge in [0.1, 0.15) is 29.8 Å². The minimum Gasteiger partial charge on any atom is -0.489 e. The Morgan fingerprint density at radius 3 is 1.89 bits per heavy atom. The van der Waals surface area contributed by atoms with Gasteiger partial charge in [-0.25, -0.2) is 0 Å². The van der Waals surface area contributed by atoms with Crippen molar-refractivity contribution in [2.24, 2.45) is 0 Å². The van der Waals surface area contributed by atoms with Gasteiger partial charge in [-0.2, -0.15) is 0 Å². The molecule has 0 fully saturated rings. The van der Waals surface area contributed by atoms with Crippen LogP contribution in [-0.4, -0.2) is 16.8 Å². The van der Waals surface area contributed by atoms with E-state index in [1.54, 1.807) is 0 Å². The number of benzene rings is 3. The van der Waals surface area contributed by atoms with Gasteiger partial charge in [0.2, 0.25) is 0 Å². The molecule has 1 atom stereocenters. The van der Waals surface area contributed by atoms with Gasteiger partial charge < -0.3 is 14.6 Å². The van der Waals surface area contributed by atoms with Gasteiger partial charge in [0.25, 0.3) is 0 Å². The summed E-state index contributed by atoms with van der Waals surface area (Å²) in [5, 5.41) is 11.0. The van der Waals surface area contributed by atoms with E-state index in [9.17, 15) is 5.11 Å². The molecule has 0 radical (unpaired) electrons. The van der Waals surface area contributed by atoms with E-state index >= 15 is 0 Å². The molecule has 3 nitrogen and oxygen atoms in total. The van der Waals surface area contributed by atoms with Crippen LogP contribution in [-0.2, 0) is 12.0 Å². The van der Waals surface area contributed by atoms with Crippen LogP contribution in [0.4, 0.5) is 0 Å². The van der Waals surface area contributed by atoms with Crippen molar-refractivity contribution in [3.8, 4) is 11.5 Å². The summed E-state index contributed by atoms with van der Waals surface area (Å²) in [5.41, 5.74) is 4.03. The van der Waals surface area contributed by atoms with Crippen molar-refractivity contribution in [1.29, 1.82) is 0 Å². The molecule has 0 saturated carbocycles. The lowest BCUT2D eigenvalue weighted by molar-refractivity contribution is -0.0683. The highest BCUT2D eigenvalue weighted by molar-refractivity contribution is 5.46. The smallest absolute Gasteiger partial charge is 0.127 e. The van der Waals surface area contributed by atoms with Crippen LogP contribution < -0.4 is 9.47 Å². The Hall–Kier alpha value is -2.78. The molecule has 194 valence electrons. The summed E-state index contributed by atoms with van der Waals surface area (Å²) in [6, 6.07) is 25.4. The van der Waals surface area contributed by atoms with E-state index in [1.807, 2.05) is 32.0 Å². The van der Waals surface area contributed by atoms with Gasteiger partial charge in [-0.3, -0.25) is 0 Å². The number of rotatable bonds is 13. The quantitative estimate of drug-likeness (QED) is 0.262. The molecule has 3 rings (SSSR count). The minimum absolute atomic E-state index is 0.0843. The topological polar surface area (TPSA) is 38.7 Å². The maximum atomic E-state index is 11.0. The summed E-state index contributed by atoms with van der Waals surface area (Å²) < 4.78 is 12.4. The molecule has 0 aromatic heterocycles. The number of hydrogen-bond acceptors (Lipinski definition) is 3. The average Bonchev–Trinajstić information content (AvgIpc) is 2.93. The van der Waals surface area contributed by atoms with E-state index in [0.29, 0.717) is 19.4 Å². The Balaban J connectivity index is 1.83. The van der Waals surface area contributed by atoms with Crippen molar-refractivity contribution >= 4 is 0 Å². The maximum Gasteiger partial charge on any atom is 0.127 e. The van der Waals surface area contributed by atoms with Crippen LogP contribution >= 0.6 is 0 Å². The van der Waals surface area contributed by atoms with Crippen LogP contribution in [0.5, 0.6) is 11.5 Å². The fourth-order valence-electron chi connectivity index (χ4n) is 5.37. The van der Waals surface area contributed by atoms with Gasteiger partial charge in [-0.15, -0.1) is 0 Å². The zero-order chi connectivity index (χ0) is 26.2. The molecule has 0 heterocycles. The molecule has 0 spiro atoms. The Morgan fingerprint density at radius 2 is 1.36 bits per heavy atom. The first kappa shape index (κ1) is 27.8. The van der Waals surface area contributed by atoms with Crippen LogP contribution in [0.25, 0.3) is 0 Å². The van der Waals surface area contributed by atoms with Gasteiger partial charge in [0.15, 0.2) is 0 Å². The highest BCUT2D eigenvalue weighted by Gasteiger charge is 2.34. The molecule has 0 bridgehead atoms. The monoisotopic (exact) mass is 488 g/mol. The third kappa shape index (κ3) is 5.95. The van der Waals surface area contributed by atoms with E-state index in [2.05, 4.69) is 82.3 Å². The summed E-state index contributed by atoms with van der Waals surface area (Å²) in [7, 11) is 0. The SMILES string of the molecule is CCC(Oc1ccc(C(CC)(CC)c2ccc(OCc3ccccc3)c(C)c2)cc1)C(O)(CC)CC. The third-order valence-corrected chi connectivity index (χ3v) is 8.05. The average molecular weight is 489 g/mol. The van der Waals surface area contributed by atoms with Gasteiger partial charge >= 0.3 is 0 Å². The van der Waals surface area contributed by atoms with Crippen molar-refractivity contribution in [3.05, 3.63) is 95.1 Å². The van der Waals surface area contributed by atoms with E-state index in [4.69, 9.17) is 9.47 Å². The van der Waals surface area contributed by atoms with E-state index in [1.165, 1.54) is 16.7 Å². The standard InChI is InChI=1S/C33H44O3/c1-7-31(33(34,10-4)11-5)36-29-20-17-27(18-21-29)32(8-2,9-3)28-19-22-30(25(6)23-28)35-24-26-15-13-12-14-16-26/h12-23,31,34H,7-11,24H2,1-6H3. The lowest BCUT2D eigenvalue weighted by Crippen LogP contribution is -2.44. The predicted molar refractivity (Wildman–Crippen MR) is 150 cm³/mol. The molecule has 3 heteroatoms. The summed E-state index contributed by atoms with van der Waals surface area (Å²) in [6.45, 7) is 13.3. The Morgan fingerprint density at radius 1 is 0.750 bits per heavy atom.